The summed E-state index contributed by atoms with van der Waals surface area (Å²) in [7, 11) is 1.30. The van der Waals surface area contributed by atoms with Crippen molar-refractivity contribution in [3.8, 4) is 0 Å². The molecule has 9 heteroatoms. The first-order valence-electron chi connectivity index (χ1n) is 10.8. The summed E-state index contributed by atoms with van der Waals surface area (Å²) in [6.07, 6.45) is 1.54. The van der Waals surface area contributed by atoms with Crippen LogP contribution in [0.3, 0.4) is 0 Å². The van der Waals surface area contributed by atoms with Gasteiger partial charge in [0, 0.05) is 23.5 Å². The highest BCUT2D eigenvalue weighted by Gasteiger charge is 2.19. The Hall–Kier alpha value is -3.59. The molecular weight excluding hydrogens is 454 g/mol. The third-order valence-corrected chi connectivity index (χ3v) is 6.73. The van der Waals surface area contributed by atoms with Crippen LogP contribution in [-0.2, 0) is 17.8 Å². The number of fused-ring (bicyclic) bond motifs is 1. The van der Waals surface area contributed by atoms with Gasteiger partial charge in [-0.15, -0.1) is 0 Å². The second-order valence-corrected chi connectivity index (χ2v) is 8.77. The molecular formula is C25H25N3O5S. The molecule has 0 aliphatic rings. The predicted octanol–water partition coefficient (Wildman–Crippen LogP) is 4.24. The Morgan fingerprint density at radius 1 is 1.15 bits per heavy atom. The van der Waals surface area contributed by atoms with Crippen molar-refractivity contribution in [3.63, 3.8) is 0 Å². The molecule has 0 spiro atoms. The Morgan fingerprint density at radius 3 is 2.59 bits per heavy atom. The number of hydrogen-bond acceptors (Lipinski definition) is 7. The van der Waals surface area contributed by atoms with Gasteiger partial charge in [0.15, 0.2) is 10.9 Å². The van der Waals surface area contributed by atoms with Gasteiger partial charge in [-0.3, -0.25) is 14.2 Å². The molecule has 0 unspecified atom stereocenters. The minimum Gasteiger partial charge on any atom is -0.467 e. The van der Waals surface area contributed by atoms with Crippen molar-refractivity contribution in [1.29, 1.82) is 0 Å². The monoisotopic (exact) mass is 479 g/mol. The van der Waals surface area contributed by atoms with Gasteiger partial charge in [-0.1, -0.05) is 11.8 Å². The van der Waals surface area contributed by atoms with E-state index in [2.05, 4.69) is 9.55 Å². The Kier molecular flexibility index (Phi) is 6.74. The first-order chi connectivity index (χ1) is 16.3. The fraction of sp³-hybridized carbons (Fsp3) is 0.280. The minimum absolute atomic E-state index is 0.0417. The van der Waals surface area contributed by atoms with Crippen LogP contribution in [0.15, 0.2) is 57.0 Å². The van der Waals surface area contributed by atoms with E-state index in [1.807, 2.05) is 26.8 Å². The Balaban J connectivity index is 1.73. The van der Waals surface area contributed by atoms with Crippen LogP contribution >= 0.6 is 11.8 Å². The normalized spacial score (nSPS) is 11.2. The molecule has 0 atom stereocenters. The first-order valence-corrected chi connectivity index (χ1v) is 11.8. The van der Waals surface area contributed by atoms with Crippen LogP contribution in [-0.4, -0.2) is 38.7 Å². The number of aromatic nitrogens is 3. The van der Waals surface area contributed by atoms with Crippen molar-refractivity contribution in [2.75, 3.05) is 12.9 Å². The van der Waals surface area contributed by atoms with Crippen LogP contribution in [0.4, 0.5) is 0 Å². The SMILES string of the molecule is CCn1c(C)cc(C(=O)CSc2nc3cc(C(=O)OC)ccc3c(=O)n2Cc2ccco2)c1C. The molecule has 3 aromatic heterocycles. The number of nitrogens with zero attached hydrogens (tertiary/aromatic N) is 3. The Bertz CT molecular complexity index is 1430. The number of methoxy groups -OCH3 is 1. The number of carbonyl (C=O) groups excluding carboxylic acids is 2. The van der Waals surface area contributed by atoms with E-state index < -0.39 is 5.97 Å². The second-order valence-electron chi connectivity index (χ2n) is 7.83. The minimum atomic E-state index is -0.515. The number of hydrogen-bond donors (Lipinski definition) is 0. The summed E-state index contributed by atoms with van der Waals surface area (Å²) in [5.74, 6) is 0.147. The second kappa shape index (κ2) is 9.72. The summed E-state index contributed by atoms with van der Waals surface area (Å²) < 4.78 is 13.8. The molecule has 3 heterocycles. The van der Waals surface area contributed by atoms with E-state index in [4.69, 9.17) is 9.15 Å². The summed E-state index contributed by atoms with van der Waals surface area (Å²) in [6, 6.07) is 10.0. The number of ketones is 1. The van der Waals surface area contributed by atoms with Crippen LogP contribution in [0.5, 0.6) is 0 Å². The van der Waals surface area contributed by atoms with E-state index >= 15 is 0 Å². The largest absolute Gasteiger partial charge is 0.467 e. The Morgan fingerprint density at radius 2 is 1.94 bits per heavy atom. The molecule has 8 nitrogen and oxygen atoms in total. The zero-order valence-corrected chi connectivity index (χ0v) is 20.3. The third-order valence-electron chi connectivity index (χ3n) is 5.76. The maximum Gasteiger partial charge on any atom is 0.337 e. The number of aryl methyl sites for hydroxylation is 1. The number of thioether (sulfide) groups is 1. The van der Waals surface area contributed by atoms with Crippen LogP contribution in [0.1, 0.15) is 44.8 Å². The van der Waals surface area contributed by atoms with Crippen molar-refractivity contribution in [2.24, 2.45) is 0 Å². The van der Waals surface area contributed by atoms with Crippen molar-refractivity contribution in [3.05, 3.63) is 81.3 Å². The molecule has 0 bridgehead atoms. The molecule has 0 fully saturated rings. The third kappa shape index (κ3) is 4.43. The molecule has 0 saturated carbocycles. The van der Waals surface area contributed by atoms with Crippen molar-refractivity contribution in [2.45, 2.75) is 39.0 Å². The number of furan rings is 1. The molecule has 4 aromatic rings. The van der Waals surface area contributed by atoms with Crippen LogP contribution in [0.25, 0.3) is 10.9 Å². The van der Waals surface area contributed by atoms with E-state index in [-0.39, 0.29) is 23.6 Å². The number of carbonyl (C=O) groups is 2. The van der Waals surface area contributed by atoms with Gasteiger partial charge in [0.25, 0.3) is 5.56 Å². The van der Waals surface area contributed by atoms with Gasteiger partial charge in [-0.25, -0.2) is 9.78 Å². The first kappa shape index (κ1) is 23.6. The van der Waals surface area contributed by atoms with Crippen LogP contribution in [0, 0.1) is 13.8 Å². The van der Waals surface area contributed by atoms with Crippen LogP contribution < -0.4 is 5.56 Å². The molecule has 1 aromatic carbocycles. The average molecular weight is 480 g/mol. The van der Waals surface area contributed by atoms with Crippen molar-refractivity contribution >= 4 is 34.4 Å². The summed E-state index contributed by atoms with van der Waals surface area (Å²) in [6.45, 7) is 6.91. The van der Waals surface area contributed by atoms with E-state index in [0.29, 0.717) is 32.9 Å². The lowest BCUT2D eigenvalue weighted by molar-refractivity contribution is 0.0600. The number of benzene rings is 1. The van der Waals surface area contributed by atoms with E-state index in [1.165, 1.54) is 41.8 Å². The molecule has 0 aliphatic heterocycles. The quantitative estimate of drug-likeness (QED) is 0.161. The molecule has 34 heavy (non-hydrogen) atoms. The predicted molar refractivity (Wildman–Crippen MR) is 130 cm³/mol. The zero-order chi connectivity index (χ0) is 24.4. The molecule has 0 N–H and O–H groups in total. The van der Waals surface area contributed by atoms with Gasteiger partial charge < -0.3 is 13.7 Å². The highest BCUT2D eigenvalue weighted by Crippen LogP contribution is 2.23. The van der Waals surface area contributed by atoms with Gasteiger partial charge in [0.1, 0.15) is 5.76 Å². The maximum atomic E-state index is 13.3. The molecule has 176 valence electrons. The topological polar surface area (TPSA) is 96.3 Å². The maximum absolute atomic E-state index is 13.3. The van der Waals surface area contributed by atoms with Crippen molar-refractivity contribution < 1.29 is 18.7 Å². The zero-order valence-electron chi connectivity index (χ0n) is 19.5. The van der Waals surface area contributed by atoms with Gasteiger partial charge in [0.05, 0.1) is 42.1 Å². The van der Waals surface area contributed by atoms with Gasteiger partial charge in [0.2, 0.25) is 0 Å². The van der Waals surface area contributed by atoms with E-state index in [1.54, 1.807) is 18.2 Å². The Labute approximate surface area is 200 Å². The van der Waals surface area contributed by atoms with Crippen molar-refractivity contribution in [1.82, 2.24) is 14.1 Å². The summed E-state index contributed by atoms with van der Waals surface area (Å²) in [4.78, 5) is 43.0. The van der Waals surface area contributed by atoms with E-state index in [0.717, 1.165) is 17.9 Å². The van der Waals surface area contributed by atoms with Gasteiger partial charge in [-0.05, 0) is 57.2 Å². The fourth-order valence-electron chi connectivity index (χ4n) is 4.03. The molecule has 0 saturated heterocycles. The van der Waals surface area contributed by atoms with Gasteiger partial charge in [-0.2, -0.15) is 0 Å². The van der Waals surface area contributed by atoms with E-state index in [9.17, 15) is 14.4 Å². The lowest BCUT2D eigenvalue weighted by Gasteiger charge is -2.12. The molecule has 0 radical (unpaired) electrons. The lowest BCUT2D eigenvalue weighted by Crippen LogP contribution is -2.24. The molecule has 4 rings (SSSR count). The number of esters is 1. The average Bonchev–Trinajstić information content (AvgIpc) is 3.45. The smallest absolute Gasteiger partial charge is 0.337 e. The number of rotatable bonds is 8. The fourth-order valence-corrected chi connectivity index (χ4v) is 4.91. The molecule has 0 amide bonds. The summed E-state index contributed by atoms with van der Waals surface area (Å²) in [5, 5.41) is 0.731. The van der Waals surface area contributed by atoms with Gasteiger partial charge >= 0.3 is 5.97 Å². The highest BCUT2D eigenvalue weighted by molar-refractivity contribution is 7.99. The lowest BCUT2D eigenvalue weighted by atomic mass is 10.1. The van der Waals surface area contributed by atoms with Crippen LogP contribution in [0.2, 0.25) is 0 Å². The summed E-state index contributed by atoms with van der Waals surface area (Å²) in [5.41, 5.74) is 3.00. The number of ether oxygens (including phenoxy) is 1. The highest BCUT2D eigenvalue weighted by atomic mass is 32.2. The molecule has 0 aliphatic carbocycles. The standard InChI is InChI=1S/C25H25N3O5S/c1-5-27-15(2)11-20(16(27)3)22(29)14-34-25-26-21-12-17(24(31)32-4)8-9-19(21)23(30)28(25)13-18-7-6-10-33-18/h6-12H,5,13-14H2,1-4H3. The summed E-state index contributed by atoms with van der Waals surface area (Å²) >= 11 is 1.19. The number of Topliss-reactive ketones (excluding diaryl/α,β-unsaturated/α-hetero) is 1.